The minimum absolute atomic E-state index is 0.278. The van der Waals surface area contributed by atoms with E-state index in [-0.39, 0.29) is 5.91 Å². The molecule has 0 spiro atoms. The van der Waals surface area contributed by atoms with E-state index in [1.807, 2.05) is 12.1 Å². The number of hydrogen-bond acceptors (Lipinski definition) is 1. The van der Waals surface area contributed by atoms with Crippen LogP contribution in [0, 0.1) is 5.82 Å². The summed E-state index contributed by atoms with van der Waals surface area (Å²) in [7, 11) is 0. The molecule has 0 aliphatic heterocycles. The van der Waals surface area contributed by atoms with Gasteiger partial charge in [-0.25, -0.2) is 4.39 Å². The smallest absolute Gasteiger partial charge is 0.252 e. The molecule has 0 aromatic heterocycles. The van der Waals surface area contributed by atoms with Crippen molar-refractivity contribution in [3.8, 4) is 0 Å². The van der Waals surface area contributed by atoms with Gasteiger partial charge in [-0.05, 0) is 52.2 Å². The molecule has 1 amide bonds. The fourth-order valence-electron chi connectivity index (χ4n) is 1.82. The average molecular weight is 391 g/mol. The van der Waals surface area contributed by atoms with Gasteiger partial charge in [0.05, 0.1) is 15.6 Å². The van der Waals surface area contributed by atoms with Crippen molar-refractivity contribution in [3.63, 3.8) is 0 Å². The Morgan fingerprint density at radius 2 is 2.00 bits per heavy atom. The van der Waals surface area contributed by atoms with Gasteiger partial charge in [0, 0.05) is 11.0 Å². The van der Waals surface area contributed by atoms with Gasteiger partial charge in [-0.2, -0.15) is 0 Å². The monoisotopic (exact) mass is 389 g/mol. The molecule has 0 atom stereocenters. The lowest BCUT2D eigenvalue weighted by Gasteiger charge is -2.08. The number of carbonyl (C=O) groups is 1. The molecule has 0 radical (unpaired) electrons. The first kappa shape index (κ1) is 16.3. The lowest BCUT2D eigenvalue weighted by atomic mass is 10.1. The van der Waals surface area contributed by atoms with Crippen LogP contribution in [0.1, 0.15) is 15.9 Å². The molecule has 110 valence electrons. The minimum Gasteiger partial charge on any atom is -0.352 e. The van der Waals surface area contributed by atoms with Crippen LogP contribution in [0.15, 0.2) is 40.9 Å². The third-order valence-electron chi connectivity index (χ3n) is 2.89. The average Bonchev–Trinajstić information content (AvgIpc) is 2.43. The van der Waals surface area contributed by atoms with Crippen molar-refractivity contribution in [1.29, 1.82) is 0 Å². The molecule has 0 heterocycles. The van der Waals surface area contributed by atoms with Crippen molar-refractivity contribution in [2.45, 2.75) is 6.42 Å². The van der Waals surface area contributed by atoms with Crippen LogP contribution in [0.4, 0.5) is 4.39 Å². The van der Waals surface area contributed by atoms with E-state index in [9.17, 15) is 9.18 Å². The first-order chi connectivity index (χ1) is 9.99. The Bertz CT molecular complexity index is 679. The van der Waals surface area contributed by atoms with Crippen molar-refractivity contribution in [2.75, 3.05) is 6.54 Å². The second-order valence-electron chi connectivity index (χ2n) is 4.34. The van der Waals surface area contributed by atoms with E-state index in [2.05, 4.69) is 21.2 Å². The van der Waals surface area contributed by atoms with Crippen LogP contribution in [0.2, 0.25) is 10.0 Å². The highest BCUT2D eigenvalue weighted by Crippen LogP contribution is 2.25. The summed E-state index contributed by atoms with van der Waals surface area (Å²) < 4.78 is 13.4. The highest BCUT2D eigenvalue weighted by Gasteiger charge is 2.11. The van der Waals surface area contributed by atoms with Gasteiger partial charge in [-0.3, -0.25) is 4.79 Å². The summed E-state index contributed by atoms with van der Waals surface area (Å²) in [5.41, 5.74) is 1.25. The van der Waals surface area contributed by atoms with E-state index in [4.69, 9.17) is 23.2 Å². The Labute approximate surface area is 140 Å². The first-order valence-electron chi connectivity index (χ1n) is 6.15. The van der Waals surface area contributed by atoms with Gasteiger partial charge in [0.25, 0.3) is 5.91 Å². The van der Waals surface area contributed by atoms with Crippen LogP contribution < -0.4 is 5.32 Å². The fraction of sp³-hybridized carbons (Fsp3) is 0.133. The van der Waals surface area contributed by atoms with Gasteiger partial charge in [0.15, 0.2) is 0 Å². The summed E-state index contributed by atoms with van der Waals surface area (Å²) in [6.45, 7) is 0.405. The van der Waals surface area contributed by atoms with Crippen molar-refractivity contribution < 1.29 is 9.18 Å². The molecule has 21 heavy (non-hydrogen) atoms. The number of benzene rings is 2. The first-order valence-corrected chi connectivity index (χ1v) is 7.70. The quantitative estimate of drug-likeness (QED) is 0.792. The Morgan fingerprint density at radius 3 is 2.71 bits per heavy atom. The van der Waals surface area contributed by atoms with Crippen LogP contribution in [-0.4, -0.2) is 12.5 Å². The SMILES string of the molecule is O=C(NCCc1cccc(Cl)c1Cl)c1ccc(F)cc1Br. The fourth-order valence-corrected chi connectivity index (χ4v) is 2.77. The largest absolute Gasteiger partial charge is 0.352 e. The second-order valence-corrected chi connectivity index (χ2v) is 5.98. The number of carbonyl (C=O) groups excluding carboxylic acids is 1. The summed E-state index contributed by atoms with van der Waals surface area (Å²) in [5, 5.41) is 3.75. The van der Waals surface area contributed by atoms with Gasteiger partial charge < -0.3 is 5.32 Å². The van der Waals surface area contributed by atoms with Crippen LogP contribution in [-0.2, 0) is 6.42 Å². The van der Waals surface area contributed by atoms with Crippen molar-refractivity contribution >= 4 is 45.0 Å². The molecule has 2 rings (SSSR count). The molecule has 2 nitrogen and oxygen atoms in total. The Kier molecular flexibility index (Phi) is 5.62. The molecule has 0 aliphatic rings. The molecular formula is C15H11BrCl2FNO. The molecule has 2 aromatic carbocycles. The minimum atomic E-state index is -0.399. The number of nitrogens with one attached hydrogen (secondary N) is 1. The van der Waals surface area contributed by atoms with Crippen molar-refractivity contribution in [1.82, 2.24) is 5.32 Å². The van der Waals surface area contributed by atoms with E-state index in [0.717, 1.165) is 5.56 Å². The summed E-state index contributed by atoms with van der Waals surface area (Å²) in [5.74, 6) is -0.677. The Balaban J connectivity index is 1.97. The number of halogens is 4. The molecule has 6 heteroatoms. The van der Waals surface area contributed by atoms with Gasteiger partial charge in [-0.1, -0.05) is 35.3 Å². The third kappa shape index (κ3) is 4.19. The zero-order valence-corrected chi connectivity index (χ0v) is 13.9. The summed E-state index contributed by atoms with van der Waals surface area (Å²) in [6, 6.07) is 9.30. The second kappa shape index (κ2) is 7.25. The van der Waals surface area contributed by atoms with Gasteiger partial charge >= 0.3 is 0 Å². The third-order valence-corrected chi connectivity index (χ3v) is 4.40. The maximum Gasteiger partial charge on any atom is 0.252 e. The number of amides is 1. The van der Waals surface area contributed by atoms with E-state index >= 15 is 0 Å². The Hall–Kier alpha value is -1.10. The molecule has 0 saturated carbocycles. The molecular weight excluding hydrogens is 380 g/mol. The lowest BCUT2D eigenvalue weighted by molar-refractivity contribution is 0.0953. The van der Waals surface area contributed by atoms with E-state index < -0.39 is 5.82 Å². The standard InChI is InChI=1S/C15H11BrCl2FNO/c16-12-8-10(19)4-5-11(12)15(21)20-7-6-9-2-1-3-13(17)14(9)18/h1-5,8H,6-7H2,(H,20,21). The molecule has 0 unspecified atom stereocenters. The molecule has 0 saturated heterocycles. The summed E-state index contributed by atoms with van der Waals surface area (Å²) in [4.78, 5) is 12.0. The molecule has 2 aromatic rings. The van der Waals surface area contributed by atoms with Gasteiger partial charge in [0.1, 0.15) is 5.82 Å². The number of hydrogen-bond donors (Lipinski definition) is 1. The van der Waals surface area contributed by atoms with Crippen LogP contribution >= 0.6 is 39.1 Å². The molecule has 0 fully saturated rings. The Morgan fingerprint density at radius 1 is 1.24 bits per heavy atom. The number of rotatable bonds is 4. The summed E-state index contributed by atoms with van der Waals surface area (Å²) >= 11 is 15.2. The molecule has 0 bridgehead atoms. The van der Waals surface area contributed by atoms with Crippen molar-refractivity contribution in [3.05, 3.63) is 67.9 Å². The lowest BCUT2D eigenvalue weighted by Crippen LogP contribution is -2.26. The molecule has 0 aliphatic carbocycles. The zero-order valence-electron chi connectivity index (χ0n) is 10.8. The summed E-state index contributed by atoms with van der Waals surface area (Å²) in [6.07, 6.45) is 0.559. The molecule has 1 N–H and O–H groups in total. The normalized spacial score (nSPS) is 10.5. The van der Waals surface area contributed by atoms with Crippen LogP contribution in [0.3, 0.4) is 0 Å². The van der Waals surface area contributed by atoms with E-state index in [0.29, 0.717) is 33.0 Å². The predicted molar refractivity (Wildman–Crippen MR) is 86.6 cm³/mol. The highest BCUT2D eigenvalue weighted by atomic mass is 79.9. The van der Waals surface area contributed by atoms with Gasteiger partial charge in [-0.15, -0.1) is 0 Å². The highest BCUT2D eigenvalue weighted by molar-refractivity contribution is 9.10. The van der Waals surface area contributed by atoms with Crippen molar-refractivity contribution in [2.24, 2.45) is 0 Å². The maximum absolute atomic E-state index is 13.0. The van der Waals surface area contributed by atoms with Gasteiger partial charge in [0.2, 0.25) is 0 Å². The predicted octanol–water partition coefficient (Wildman–Crippen LogP) is 4.87. The van der Waals surface area contributed by atoms with E-state index in [1.54, 1.807) is 6.07 Å². The topological polar surface area (TPSA) is 29.1 Å². The zero-order chi connectivity index (χ0) is 15.4. The van der Waals surface area contributed by atoms with E-state index in [1.165, 1.54) is 18.2 Å². The van der Waals surface area contributed by atoms with Crippen LogP contribution in [0.5, 0.6) is 0 Å². The maximum atomic E-state index is 13.0. The van der Waals surface area contributed by atoms with Crippen LogP contribution in [0.25, 0.3) is 0 Å².